The molecule has 46 valence electrons. The Hall–Kier alpha value is -0.700. The first-order chi connectivity index (χ1) is 4.36. The van der Waals surface area contributed by atoms with Gasteiger partial charge in [-0.2, -0.15) is 0 Å². The van der Waals surface area contributed by atoms with E-state index >= 15 is 0 Å². The average Bonchev–Trinajstić information content (AvgIpc) is 2.22. The number of thioether (sulfide) groups is 1. The Bertz CT molecular complexity index is 237. The van der Waals surface area contributed by atoms with Crippen LogP contribution >= 0.6 is 11.8 Å². The summed E-state index contributed by atoms with van der Waals surface area (Å²) in [6, 6.07) is 0. The van der Waals surface area contributed by atoms with Gasteiger partial charge in [-0.05, 0) is 12.2 Å². The van der Waals surface area contributed by atoms with Crippen LogP contribution in [0.4, 0.5) is 0 Å². The number of rotatable bonds is 0. The highest BCUT2D eigenvalue weighted by molar-refractivity contribution is 8.04. The minimum absolute atomic E-state index is 0.830. The summed E-state index contributed by atoms with van der Waals surface area (Å²) in [6.45, 7) is 0. The third-order valence-electron chi connectivity index (χ3n) is 1.31. The molecule has 0 saturated heterocycles. The summed E-state index contributed by atoms with van der Waals surface area (Å²) in [5.41, 5.74) is 7.41. The molecule has 3 heteroatoms. The zero-order valence-electron chi connectivity index (χ0n) is 4.79. The third-order valence-corrected chi connectivity index (χ3v) is 2.20. The molecule has 0 aromatic heterocycles. The Labute approximate surface area is 57.5 Å². The number of nitrogens with zero attached hydrogens (tertiary/aromatic N) is 1. The molecule has 0 aromatic carbocycles. The van der Waals surface area contributed by atoms with Gasteiger partial charge in [-0.15, -0.1) is 11.8 Å². The van der Waals surface area contributed by atoms with Crippen LogP contribution in [0, 0.1) is 0 Å². The zero-order valence-corrected chi connectivity index (χ0v) is 5.61. The molecular weight excluding hydrogens is 132 g/mol. The van der Waals surface area contributed by atoms with Gasteiger partial charge in [-0.1, -0.05) is 0 Å². The summed E-state index contributed by atoms with van der Waals surface area (Å²) >= 11 is 1.74. The van der Waals surface area contributed by atoms with Gasteiger partial charge in [-0.25, -0.2) is 0 Å². The molecule has 2 nitrogen and oxygen atoms in total. The highest BCUT2D eigenvalue weighted by Crippen LogP contribution is 2.29. The predicted octanol–water partition coefficient (Wildman–Crippen LogP) is 0.872. The fraction of sp³-hybridized carbons (Fsp3) is 0.167. The smallest absolute Gasteiger partial charge is 0.0898 e. The lowest BCUT2D eigenvalue weighted by molar-refractivity contribution is 1.40. The second-order valence-electron chi connectivity index (χ2n) is 1.97. The molecule has 1 heterocycles. The summed E-state index contributed by atoms with van der Waals surface area (Å²) in [6.07, 6.45) is 3.88. The molecule has 9 heavy (non-hydrogen) atoms. The molecule has 0 saturated carbocycles. The summed E-state index contributed by atoms with van der Waals surface area (Å²) in [5, 5.41) is 0. The Morgan fingerprint density at radius 3 is 3.22 bits per heavy atom. The fourth-order valence-electron chi connectivity index (χ4n) is 0.907. The Morgan fingerprint density at radius 2 is 2.44 bits per heavy atom. The first-order valence-corrected chi connectivity index (χ1v) is 3.71. The Balaban J connectivity index is 2.46. The van der Waals surface area contributed by atoms with Gasteiger partial charge in [0, 0.05) is 10.6 Å². The lowest BCUT2D eigenvalue weighted by Gasteiger charge is -1.84. The molecule has 0 radical (unpaired) electrons. The van der Waals surface area contributed by atoms with E-state index in [9.17, 15) is 0 Å². The first-order valence-electron chi connectivity index (χ1n) is 2.73. The molecule has 0 atom stereocenters. The quantitative estimate of drug-likeness (QED) is 0.539. The maximum Gasteiger partial charge on any atom is 0.0898 e. The van der Waals surface area contributed by atoms with E-state index in [2.05, 4.69) is 4.99 Å². The molecule has 2 N–H and O–H groups in total. The van der Waals surface area contributed by atoms with E-state index in [1.807, 2.05) is 12.2 Å². The lowest BCUT2D eigenvalue weighted by atomic mass is 10.4. The van der Waals surface area contributed by atoms with E-state index in [-0.39, 0.29) is 0 Å². The molecule has 0 aromatic rings. The summed E-state index contributed by atoms with van der Waals surface area (Å²) in [7, 11) is 0. The molecule has 1 aliphatic carbocycles. The number of aliphatic imine (C=N–C) groups is 1. The van der Waals surface area contributed by atoms with E-state index in [1.54, 1.807) is 11.8 Å². The summed E-state index contributed by atoms with van der Waals surface area (Å²) in [5.74, 6) is 0.866. The van der Waals surface area contributed by atoms with Gasteiger partial charge in [0.25, 0.3) is 0 Å². The van der Waals surface area contributed by atoms with Crippen LogP contribution < -0.4 is 5.73 Å². The van der Waals surface area contributed by atoms with Crippen molar-refractivity contribution in [3.8, 4) is 0 Å². The van der Waals surface area contributed by atoms with Crippen LogP contribution in [0.25, 0.3) is 0 Å². The van der Waals surface area contributed by atoms with E-state index in [0.29, 0.717) is 0 Å². The molecule has 1 aliphatic heterocycles. The maximum atomic E-state index is 5.52. The van der Waals surface area contributed by atoms with Crippen LogP contribution in [-0.2, 0) is 0 Å². The molecule has 0 amide bonds. The lowest BCUT2D eigenvalue weighted by Crippen LogP contribution is -1.89. The minimum Gasteiger partial charge on any atom is -0.399 e. The van der Waals surface area contributed by atoms with Crippen LogP contribution in [-0.4, -0.2) is 11.6 Å². The van der Waals surface area contributed by atoms with Crippen LogP contribution in [0.1, 0.15) is 0 Å². The maximum absolute atomic E-state index is 5.52. The summed E-state index contributed by atoms with van der Waals surface area (Å²) in [4.78, 5) is 5.43. The minimum atomic E-state index is 0.830. The van der Waals surface area contributed by atoms with Gasteiger partial charge in [-0.3, -0.25) is 4.99 Å². The second-order valence-corrected chi connectivity index (χ2v) is 2.96. The SMILES string of the molecule is NC1=CC2=NCSC2=C1. The zero-order chi connectivity index (χ0) is 6.27. The monoisotopic (exact) mass is 138 g/mol. The molecule has 0 spiro atoms. The number of hydrogen-bond acceptors (Lipinski definition) is 3. The number of fused-ring (bicyclic) bond motifs is 1. The standard InChI is InChI=1S/C6H6N2S/c7-4-1-5-6(2-4)9-3-8-5/h1-2H,3,7H2. The van der Waals surface area contributed by atoms with Crippen LogP contribution in [0.5, 0.6) is 0 Å². The van der Waals surface area contributed by atoms with Crippen LogP contribution in [0.15, 0.2) is 27.7 Å². The normalized spacial score (nSPS) is 22.9. The topological polar surface area (TPSA) is 38.4 Å². The molecule has 0 bridgehead atoms. The number of hydrogen-bond donors (Lipinski definition) is 1. The van der Waals surface area contributed by atoms with Crippen LogP contribution in [0.2, 0.25) is 0 Å². The Kier molecular flexibility index (Phi) is 0.931. The van der Waals surface area contributed by atoms with Crippen molar-refractivity contribution in [1.82, 2.24) is 0 Å². The van der Waals surface area contributed by atoms with Crippen molar-refractivity contribution in [2.45, 2.75) is 0 Å². The van der Waals surface area contributed by atoms with E-state index in [1.165, 1.54) is 4.91 Å². The third kappa shape index (κ3) is 0.685. The molecular formula is C6H6N2S. The average molecular weight is 138 g/mol. The molecule has 0 fully saturated rings. The highest BCUT2D eigenvalue weighted by atomic mass is 32.2. The first kappa shape index (κ1) is 5.11. The van der Waals surface area contributed by atoms with Gasteiger partial charge in [0.15, 0.2) is 0 Å². The van der Waals surface area contributed by atoms with Crippen molar-refractivity contribution >= 4 is 17.5 Å². The molecule has 2 rings (SSSR count). The van der Waals surface area contributed by atoms with Crippen molar-refractivity contribution in [1.29, 1.82) is 0 Å². The fourth-order valence-corrected chi connectivity index (χ4v) is 1.74. The van der Waals surface area contributed by atoms with Crippen molar-refractivity contribution in [2.75, 3.05) is 5.88 Å². The van der Waals surface area contributed by atoms with Gasteiger partial charge in [0.1, 0.15) is 0 Å². The predicted molar refractivity (Wildman–Crippen MR) is 40.2 cm³/mol. The number of nitrogens with two attached hydrogens (primary N) is 1. The van der Waals surface area contributed by atoms with Gasteiger partial charge in [0.05, 0.1) is 11.6 Å². The highest BCUT2D eigenvalue weighted by Gasteiger charge is 2.16. The second kappa shape index (κ2) is 1.64. The molecule has 0 unspecified atom stereocenters. The van der Waals surface area contributed by atoms with Crippen molar-refractivity contribution in [3.05, 3.63) is 22.8 Å². The van der Waals surface area contributed by atoms with Crippen LogP contribution in [0.3, 0.4) is 0 Å². The van der Waals surface area contributed by atoms with E-state index < -0.39 is 0 Å². The molecule has 2 aliphatic rings. The number of allylic oxidation sites excluding steroid dienone is 3. The van der Waals surface area contributed by atoms with Crippen molar-refractivity contribution in [3.63, 3.8) is 0 Å². The largest absolute Gasteiger partial charge is 0.399 e. The Morgan fingerprint density at radius 1 is 1.56 bits per heavy atom. The van der Waals surface area contributed by atoms with Gasteiger partial charge >= 0.3 is 0 Å². The van der Waals surface area contributed by atoms with E-state index in [0.717, 1.165) is 17.3 Å². The summed E-state index contributed by atoms with van der Waals surface area (Å²) < 4.78 is 0. The van der Waals surface area contributed by atoms with Crippen molar-refractivity contribution < 1.29 is 0 Å². The van der Waals surface area contributed by atoms with Crippen molar-refractivity contribution in [2.24, 2.45) is 10.7 Å². The van der Waals surface area contributed by atoms with Gasteiger partial charge < -0.3 is 5.73 Å². The van der Waals surface area contributed by atoms with E-state index in [4.69, 9.17) is 5.73 Å². The van der Waals surface area contributed by atoms with Gasteiger partial charge in [0.2, 0.25) is 0 Å².